The second-order valence-corrected chi connectivity index (χ2v) is 9.93. The molecule has 0 aliphatic carbocycles. The van der Waals surface area contributed by atoms with E-state index in [1.807, 2.05) is 66.0 Å². The number of amides is 1. The van der Waals surface area contributed by atoms with Gasteiger partial charge < -0.3 is 14.3 Å². The van der Waals surface area contributed by atoms with E-state index in [-0.39, 0.29) is 11.9 Å². The van der Waals surface area contributed by atoms with E-state index in [2.05, 4.69) is 21.4 Å². The zero-order chi connectivity index (χ0) is 23.3. The van der Waals surface area contributed by atoms with Crippen LogP contribution in [0.1, 0.15) is 34.5 Å². The fourth-order valence-electron chi connectivity index (χ4n) is 3.88. The maximum atomic E-state index is 13.5. The van der Waals surface area contributed by atoms with Crippen molar-refractivity contribution in [1.82, 2.24) is 15.0 Å². The molecule has 1 atom stereocenters. The van der Waals surface area contributed by atoms with Gasteiger partial charge in [-0.1, -0.05) is 58.8 Å². The van der Waals surface area contributed by atoms with Gasteiger partial charge in [0, 0.05) is 12.0 Å². The molecule has 0 N–H and O–H groups in total. The van der Waals surface area contributed by atoms with Crippen LogP contribution in [0, 0.1) is 0 Å². The number of carbonyl (C=O) groups is 1. The van der Waals surface area contributed by atoms with E-state index >= 15 is 0 Å². The molecule has 2 aromatic carbocycles. The van der Waals surface area contributed by atoms with Crippen molar-refractivity contribution < 1.29 is 14.2 Å². The molecule has 1 saturated heterocycles. The first kappa shape index (κ1) is 22.4. The number of rotatable bonds is 7. The monoisotopic (exact) mass is 490 g/mol. The van der Waals surface area contributed by atoms with Crippen LogP contribution in [-0.2, 0) is 10.6 Å². The zero-order valence-electron chi connectivity index (χ0n) is 18.5. The van der Waals surface area contributed by atoms with Crippen LogP contribution < -0.4 is 0 Å². The quantitative estimate of drug-likeness (QED) is 0.245. The third-order valence-electron chi connectivity index (χ3n) is 5.49. The molecule has 7 nitrogen and oxygen atoms in total. The lowest BCUT2D eigenvalue weighted by molar-refractivity contribution is 0.0713. The number of carbonyl (C=O) groups excluding carboxylic acids is 1. The molecule has 1 aliphatic heterocycles. The maximum Gasteiger partial charge on any atom is 0.254 e. The van der Waals surface area contributed by atoms with Crippen LogP contribution in [0.4, 0.5) is 0 Å². The summed E-state index contributed by atoms with van der Waals surface area (Å²) in [5.74, 6) is 1.51. The SMILES string of the molecule is CON=C1C[C@@H](c2nc(CSc3cccs3)no2)N(C(=O)c2ccc(-c3ccccc3)cc2)C1. The first-order chi connectivity index (χ1) is 16.7. The Hall–Kier alpha value is -3.43. The summed E-state index contributed by atoms with van der Waals surface area (Å²) in [6, 6.07) is 21.4. The van der Waals surface area contributed by atoms with Crippen molar-refractivity contribution in [3.63, 3.8) is 0 Å². The number of aromatic nitrogens is 2. The summed E-state index contributed by atoms with van der Waals surface area (Å²) in [7, 11) is 1.50. The lowest BCUT2D eigenvalue weighted by Crippen LogP contribution is -2.31. The molecule has 5 rings (SSSR count). The van der Waals surface area contributed by atoms with Gasteiger partial charge in [-0.25, -0.2) is 0 Å². The molecule has 1 fully saturated rings. The number of thiophene rings is 1. The number of nitrogens with zero attached hydrogens (tertiary/aromatic N) is 4. The number of hydrogen-bond acceptors (Lipinski definition) is 8. The van der Waals surface area contributed by atoms with Gasteiger partial charge >= 0.3 is 0 Å². The number of hydrogen-bond donors (Lipinski definition) is 0. The summed E-state index contributed by atoms with van der Waals surface area (Å²) in [6.45, 7) is 0.347. The van der Waals surface area contributed by atoms with Crippen molar-refractivity contribution in [2.45, 2.75) is 22.4 Å². The van der Waals surface area contributed by atoms with Crippen molar-refractivity contribution in [1.29, 1.82) is 0 Å². The molecule has 9 heteroatoms. The van der Waals surface area contributed by atoms with Crippen LogP contribution >= 0.6 is 23.1 Å². The molecular formula is C25H22N4O3S2. The average molecular weight is 491 g/mol. The number of oxime groups is 1. The van der Waals surface area contributed by atoms with E-state index < -0.39 is 0 Å². The predicted molar refractivity (Wildman–Crippen MR) is 133 cm³/mol. The van der Waals surface area contributed by atoms with Crippen molar-refractivity contribution in [3.8, 4) is 11.1 Å². The fraction of sp³-hybridized carbons (Fsp3) is 0.200. The largest absolute Gasteiger partial charge is 0.399 e. The Balaban J connectivity index is 1.35. The van der Waals surface area contributed by atoms with E-state index in [0.717, 1.165) is 16.8 Å². The molecule has 3 heterocycles. The first-order valence-electron chi connectivity index (χ1n) is 10.8. The number of benzene rings is 2. The Labute approximate surface area is 205 Å². The molecule has 1 aliphatic rings. The molecular weight excluding hydrogens is 468 g/mol. The second-order valence-electron chi connectivity index (χ2n) is 7.71. The normalized spacial score (nSPS) is 16.8. The molecule has 34 heavy (non-hydrogen) atoms. The smallest absolute Gasteiger partial charge is 0.254 e. The number of thioether (sulfide) groups is 1. The standard InChI is InChI=1S/C25H22N4O3S2/c1-31-27-20-14-21(24-26-22(28-32-24)16-34-23-8-5-13-33-23)29(15-20)25(30)19-11-9-18(10-12-19)17-6-3-2-4-7-17/h2-13,21H,14-16H2,1H3/t21-/m0/s1. The molecule has 0 saturated carbocycles. The molecule has 1 amide bonds. The van der Waals surface area contributed by atoms with Crippen LogP contribution in [0.3, 0.4) is 0 Å². The molecule has 0 bridgehead atoms. The average Bonchev–Trinajstić information content (AvgIpc) is 3.64. The Morgan fingerprint density at radius 1 is 1.15 bits per heavy atom. The van der Waals surface area contributed by atoms with Gasteiger partial charge in [-0.3, -0.25) is 4.79 Å². The highest BCUT2D eigenvalue weighted by atomic mass is 32.2. The maximum absolute atomic E-state index is 13.5. The van der Waals surface area contributed by atoms with Crippen LogP contribution in [0.2, 0.25) is 0 Å². The van der Waals surface area contributed by atoms with Crippen molar-refractivity contribution in [3.05, 3.63) is 89.4 Å². The van der Waals surface area contributed by atoms with Gasteiger partial charge in [-0.15, -0.1) is 23.1 Å². The number of likely N-dealkylation sites (tertiary alicyclic amines) is 1. The second kappa shape index (κ2) is 10.2. The lowest BCUT2D eigenvalue weighted by Gasteiger charge is -2.21. The molecule has 0 unspecified atom stereocenters. The molecule has 2 aromatic heterocycles. The highest BCUT2D eigenvalue weighted by Gasteiger charge is 2.38. The molecule has 172 valence electrons. The van der Waals surface area contributed by atoms with Gasteiger partial charge in [-0.2, -0.15) is 4.98 Å². The van der Waals surface area contributed by atoms with Gasteiger partial charge in [0.1, 0.15) is 13.2 Å². The van der Waals surface area contributed by atoms with E-state index in [1.165, 1.54) is 11.3 Å². The molecule has 4 aromatic rings. The fourth-order valence-corrected chi connectivity index (χ4v) is 5.51. The summed E-state index contributed by atoms with van der Waals surface area (Å²) in [5.41, 5.74) is 3.52. The summed E-state index contributed by atoms with van der Waals surface area (Å²) in [4.78, 5) is 24.7. The highest BCUT2D eigenvalue weighted by molar-refractivity contribution is 8.00. The Morgan fingerprint density at radius 3 is 2.68 bits per heavy atom. The van der Waals surface area contributed by atoms with Gasteiger partial charge in [0.2, 0.25) is 5.89 Å². The van der Waals surface area contributed by atoms with Crippen molar-refractivity contribution in [2.24, 2.45) is 5.16 Å². The van der Waals surface area contributed by atoms with Crippen LogP contribution in [-0.4, -0.2) is 40.3 Å². The Bertz CT molecular complexity index is 1270. The first-order valence-corrected chi connectivity index (χ1v) is 12.6. The van der Waals surface area contributed by atoms with Crippen LogP contribution in [0.25, 0.3) is 11.1 Å². The van der Waals surface area contributed by atoms with Crippen LogP contribution in [0.15, 0.2) is 86.0 Å². The minimum Gasteiger partial charge on any atom is -0.399 e. The predicted octanol–water partition coefficient (Wildman–Crippen LogP) is 5.68. The highest BCUT2D eigenvalue weighted by Crippen LogP contribution is 2.33. The third-order valence-corrected chi connectivity index (χ3v) is 7.61. The summed E-state index contributed by atoms with van der Waals surface area (Å²) >= 11 is 3.33. The Kier molecular flexibility index (Phi) is 6.73. The topological polar surface area (TPSA) is 80.8 Å². The van der Waals surface area contributed by atoms with Gasteiger partial charge in [-0.05, 0) is 34.7 Å². The summed E-state index contributed by atoms with van der Waals surface area (Å²) in [6.07, 6.45) is 0.487. The Morgan fingerprint density at radius 2 is 1.94 bits per heavy atom. The third kappa shape index (κ3) is 4.90. The van der Waals surface area contributed by atoms with Gasteiger partial charge in [0.05, 0.1) is 22.2 Å². The minimum atomic E-state index is -0.386. The van der Waals surface area contributed by atoms with Gasteiger partial charge in [0.25, 0.3) is 5.91 Å². The van der Waals surface area contributed by atoms with E-state index in [9.17, 15) is 4.79 Å². The van der Waals surface area contributed by atoms with E-state index in [4.69, 9.17) is 9.36 Å². The van der Waals surface area contributed by atoms with E-state index in [0.29, 0.717) is 36.0 Å². The van der Waals surface area contributed by atoms with Crippen LogP contribution in [0.5, 0.6) is 0 Å². The van der Waals surface area contributed by atoms with Crippen molar-refractivity contribution in [2.75, 3.05) is 13.7 Å². The zero-order valence-corrected chi connectivity index (χ0v) is 20.1. The van der Waals surface area contributed by atoms with Crippen molar-refractivity contribution >= 4 is 34.7 Å². The minimum absolute atomic E-state index is 0.112. The van der Waals surface area contributed by atoms with Gasteiger partial charge in [0.15, 0.2) is 5.82 Å². The summed E-state index contributed by atoms with van der Waals surface area (Å²) in [5, 5.41) is 10.3. The summed E-state index contributed by atoms with van der Waals surface area (Å²) < 4.78 is 6.77. The molecule has 0 radical (unpaired) electrons. The van der Waals surface area contributed by atoms with E-state index in [1.54, 1.807) is 28.0 Å². The molecule has 0 spiro atoms. The lowest BCUT2D eigenvalue weighted by atomic mass is 10.0.